The molecule has 0 saturated carbocycles. The number of nitrogens with zero attached hydrogens (tertiary/aromatic N) is 2. The van der Waals surface area contributed by atoms with Crippen molar-refractivity contribution in [2.45, 2.75) is 26.9 Å². The van der Waals surface area contributed by atoms with Crippen molar-refractivity contribution in [2.24, 2.45) is 0 Å². The van der Waals surface area contributed by atoms with Crippen LogP contribution >= 0.6 is 0 Å². The predicted molar refractivity (Wildman–Crippen MR) is 98.1 cm³/mol. The molecule has 3 rings (SSSR count). The van der Waals surface area contributed by atoms with Crippen LogP contribution in [0.3, 0.4) is 0 Å². The standard InChI is InChI=1S/C19H21N3O3/c1-3-21-12-10-17-16(19(21)24)9-11-22(17)13-18(23)20-14-5-7-15(8-6-14)25-4-2/h5-12H,3-4,13H2,1-2H3,(H,20,23). The van der Waals surface area contributed by atoms with E-state index in [1.165, 1.54) is 0 Å². The molecule has 1 N–H and O–H groups in total. The Morgan fingerprint density at radius 1 is 1.04 bits per heavy atom. The molecule has 1 amide bonds. The molecule has 0 aliphatic heterocycles. The molecule has 0 saturated heterocycles. The van der Waals surface area contributed by atoms with Gasteiger partial charge in [0, 0.05) is 24.6 Å². The predicted octanol–water partition coefficient (Wildman–Crippen LogP) is 2.86. The molecule has 0 radical (unpaired) electrons. The third kappa shape index (κ3) is 3.57. The Hall–Kier alpha value is -3.02. The quantitative estimate of drug-likeness (QED) is 0.751. The van der Waals surface area contributed by atoms with Gasteiger partial charge >= 0.3 is 0 Å². The average Bonchev–Trinajstić information content (AvgIpc) is 3.01. The molecule has 0 unspecified atom stereocenters. The fourth-order valence-electron chi connectivity index (χ4n) is 2.78. The van der Waals surface area contributed by atoms with Crippen LogP contribution in [0.1, 0.15) is 13.8 Å². The maximum atomic E-state index is 12.3. The summed E-state index contributed by atoms with van der Waals surface area (Å²) < 4.78 is 8.80. The van der Waals surface area contributed by atoms with E-state index in [-0.39, 0.29) is 18.0 Å². The first-order valence-electron chi connectivity index (χ1n) is 8.33. The van der Waals surface area contributed by atoms with Gasteiger partial charge in [-0.2, -0.15) is 0 Å². The minimum atomic E-state index is -0.152. The molecule has 130 valence electrons. The normalized spacial score (nSPS) is 10.8. The first-order valence-corrected chi connectivity index (χ1v) is 8.33. The highest BCUT2D eigenvalue weighted by Gasteiger charge is 2.10. The number of nitrogens with one attached hydrogen (secondary N) is 1. The summed E-state index contributed by atoms with van der Waals surface area (Å²) in [6, 6.07) is 10.9. The Morgan fingerprint density at radius 3 is 2.44 bits per heavy atom. The zero-order chi connectivity index (χ0) is 17.8. The van der Waals surface area contributed by atoms with Gasteiger partial charge in [-0.1, -0.05) is 0 Å². The van der Waals surface area contributed by atoms with Gasteiger partial charge in [0.15, 0.2) is 0 Å². The molecule has 0 spiro atoms. The van der Waals surface area contributed by atoms with Crippen LogP contribution in [-0.2, 0) is 17.9 Å². The Kier molecular flexibility index (Phi) is 4.88. The molecular weight excluding hydrogens is 318 g/mol. The molecule has 25 heavy (non-hydrogen) atoms. The van der Waals surface area contributed by atoms with E-state index in [9.17, 15) is 9.59 Å². The number of pyridine rings is 1. The van der Waals surface area contributed by atoms with Crippen LogP contribution in [-0.4, -0.2) is 21.6 Å². The second kappa shape index (κ2) is 7.25. The number of anilines is 1. The number of rotatable bonds is 6. The number of aryl methyl sites for hydroxylation is 1. The van der Waals surface area contributed by atoms with Crippen molar-refractivity contribution in [3.05, 3.63) is 59.1 Å². The summed E-state index contributed by atoms with van der Waals surface area (Å²) in [5, 5.41) is 3.48. The molecule has 0 aliphatic carbocycles. The highest BCUT2D eigenvalue weighted by atomic mass is 16.5. The van der Waals surface area contributed by atoms with E-state index in [0.717, 1.165) is 11.3 Å². The van der Waals surface area contributed by atoms with Gasteiger partial charge in [-0.25, -0.2) is 0 Å². The van der Waals surface area contributed by atoms with Crippen molar-refractivity contribution in [1.82, 2.24) is 9.13 Å². The summed E-state index contributed by atoms with van der Waals surface area (Å²) in [7, 11) is 0. The number of carbonyl (C=O) groups excluding carboxylic acids is 1. The minimum absolute atomic E-state index is 0.0364. The highest BCUT2D eigenvalue weighted by Crippen LogP contribution is 2.16. The Labute approximate surface area is 145 Å². The van der Waals surface area contributed by atoms with Gasteiger partial charge in [0.25, 0.3) is 5.56 Å². The first kappa shape index (κ1) is 16.8. The van der Waals surface area contributed by atoms with Crippen LogP contribution in [0, 0.1) is 0 Å². The SMILES string of the molecule is CCOc1ccc(NC(=O)Cn2ccc3c(=O)n(CC)ccc32)cc1. The van der Waals surface area contributed by atoms with E-state index in [1.807, 2.05) is 32.0 Å². The fourth-order valence-corrected chi connectivity index (χ4v) is 2.78. The van der Waals surface area contributed by atoms with Gasteiger partial charge in [-0.15, -0.1) is 0 Å². The second-order valence-electron chi connectivity index (χ2n) is 5.66. The number of fused-ring (bicyclic) bond motifs is 1. The smallest absolute Gasteiger partial charge is 0.259 e. The Morgan fingerprint density at radius 2 is 1.76 bits per heavy atom. The maximum Gasteiger partial charge on any atom is 0.259 e. The summed E-state index contributed by atoms with van der Waals surface area (Å²) in [4.78, 5) is 24.6. The number of hydrogen-bond donors (Lipinski definition) is 1. The molecule has 2 heterocycles. The molecule has 1 aromatic carbocycles. The summed E-state index contributed by atoms with van der Waals surface area (Å²) in [5.74, 6) is 0.616. The zero-order valence-corrected chi connectivity index (χ0v) is 14.4. The van der Waals surface area contributed by atoms with Crippen LogP contribution in [0.15, 0.2) is 53.6 Å². The lowest BCUT2D eigenvalue weighted by Gasteiger charge is -2.09. The molecule has 6 heteroatoms. The van der Waals surface area contributed by atoms with Crippen molar-refractivity contribution in [2.75, 3.05) is 11.9 Å². The summed E-state index contributed by atoms with van der Waals surface area (Å²) in [6.07, 6.45) is 3.52. The molecule has 0 bridgehead atoms. The maximum absolute atomic E-state index is 12.3. The highest BCUT2D eigenvalue weighted by molar-refractivity contribution is 5.92. The molecule has 3 aromatic rings. The monoisotopic (exact) mass is 339 g/mol. The molecule has 2 aromatic heterocycles. The summed E-state index contributed by atoms with van der Waals surface area (Å²) >= 11 is 0. The van der Waals surface area contributed by atoms with Crippen molar-refractivity contribution < 1.29 is 9.53 Å². The van der Waals surface area contributed by atoms with Gasteiger partial charge in [-0.3, -0.25) is 9.59 Å². The van der Waals surface area contributed by atoms with Gasteiger partial charge in [-0.05, 0) is 50.2 Å². The zero-order valence-electron chi connectivity index (χ0n) is 14.4. The molecule has 0 fully saturated rings. The number of carbonyl (C=O) groups is 1. The van der Waals surface area contributed by atoms with Crippen LogP contribution < -0.4 is 15.6 Å². The number of aromatic nitrogens is 2. The fraction of sp³-hybridized carbons (Fsp3) is 0.263. The van der Waals surface area contributed by atoms with Crippen molar-refractivity contribution in [3.63, 3.8) is 0 Å². The first-order chi connectivity index (χ1) is 12.1. The Bertz CT molecular complexity index is 939. The lowest BCUT2D eigenvalue weighted by molar-refractivity contribution is -0.116. The van der Waals surface area contributed by atoms with Crippen molar-refractivity contribution in [3.8, 4) is 5.75 Å². The van der Waals surface area contributed by atoms with Crippen molar-refractivity contribution >= 4 is 22.5 Å². The van der Waals surface area contributed by atoms with Crippen LogP contribution in [0.2, 0.25) is 0 Å². The number of hydrogen-bond acceptors (Lipinski definition) is 3. The largest absolute Gasteiger partial charge is 0.494 e. The van der Waals surface area contributed by atoms with E-state index in [1.54, 1.807) is 39.7 Å². The Balaban J connectivity index is 1.74. The summed E-state index contributed by atoms with van der Waals surface area (Å²) in [6.45, 7) is 5.22. The van der Waals surface area contributed by atoms with E-state index >= 15 is 0 Å². The topological polar surface area (TPSA) is 65.3 Å². The van der Waals surface area contributed by atoms with E-state index in [2.05, 4.69) is 5.32 Å². The number of amides is 1. The van der Waals surface area contributed by atoms with Gasteiger partial charge < -0.3 is 19.2 Å². The number of ether oxygens (including phenoxy) is 1. The molecular formula is C19H21N3O3. The van der Waals surface area contributed by atoms with Gasteiger partial charge in [0.1, 0.15) is 12.3 Å². The average molecular weight is 339 g/mol. The van der Waals surface area contributed by atoms with E-state index < -0.39 is 0 Å². The van der Waals surface area contributed by atoms with Crippen molar-refractivity contribution in [1.29, 1.82) is 0 Å². The van der Waals surface area contributed by atoms with Gasteiger partial charge in [0.05, 0.1) is 17.5 Å². The van der Waals surface area contributed by atoms with E-state index in [4.69, 9.17) is 4.74 Å². The third-order valence-corrected chi connectivity index (χ3v) is 4.01. The second-order valence-corrected chi connectivity index (χ2v) is 5.66. The van der Waals surface area contributed by atoms with Crippen LogP contribution in [0.4, 0.5) is 5.69 Å². The molecule has 0 aliphatic rings. The molecule has 0 atom stereocenters. The lowest BCUT2D eigenvalue weighted by atomic mass is 10.3. The van der Waals surface area contributed by atoms with Gasteiger partial charge in [0.2, 0.25) is 5.91 Å². The van der Waals surface area contributed by atoms with Crippen LogP contribution in [0.25, 0.3) is 10.9 Å². The third-order valence-electron chi connectivity index (χ3n) is 4.01. The lowest BCUT2D eigenvalue weighted by Crippen LogP contribution is -2.20. The molecule has 6 nitrogen and oxygen atoms in total. The number of benzene rings is 1. The summed E-state index contributed by atoms with van der Waals surface area (Å²) in [5.41, 5.74) is 1.43. The minimum Gasteiger partial charge on any atom is -0.494 e. The van der Waals surface area contributed by atoms with Crippen LogP contribution in [0.5, 0.6) is 5.75 Å². The van der Waals surface area contributed by atoms with E-state index in [0.29, 0.717) is 24.2 Å².